The minimum absolute atomic E-state index is 0.403. The van der Waals surface area contributed by atoms with Crippen LogP contribution < -0.4 is 4.74 Å². The molecule has 0 aliphatic heterocycles. The van der Waals surface area contributed by atoms with Gasteiger partial charge >= 0.3 is 0 Å². The summed E-state index contributed by atoms with van der Waals surface area (Å²) in [6, 6.07) is 12.7. The first-order chi connectivity index (χ1) is 9.28. The molecule has 0 bridgehead atoms. The fourth-order valence-electron chi connectivity index (χ4n) is 1.98. The molecule has 0 unspecified atom stereocenters. The number of halogens is 1. The fraction of sp³-hybridized carbons (Fsp3) is 0. The molecule has 0 radical (unpaired) electrons. The summed E-state index contributed by atoms with van der Waals surface area (Å²) >= 11 is 5.98. The van der Waals surface area contributed by atoms with Crippen molar-refractivity contribution in [3.8, 4) is 17.0 Å². The minimum atomic E-state index is 0.403. The van der Waals surface area contributed by atoms with E-state index in [2.05, 4.69) is 10.2 Å². The Morgan fingerprint density at radius 2 is 2.11 bits per heavy atom. The Hall–Kier alpha value is -2.33. The Morgan fingerprint density at radius 1 is 1.21 bits per heavy atom. The number of H-pyrrole nitrogens is 1. The molecule has 1 heterocycles. The molecule has 19 heavy (non-hydrogen) atoms. The number of carbonyl (C=O) groups excluding carboxylic acids is 1. The van der Waals surface area contributed by atoms with Crippen molar-refractivity contribution in [2.75, 3.05) is 0 Å². The van der Waals surface area contributed by atoms with Gasteiger partial charge in [0.05, 0.1) is 5.52 Å². The van der Waals surface area contributed by atoms with Gasteiger partial charge in [-0.2, -0.15) is 5.10 Å². The van der Waals surface area contributed by atoms with Crippen LogP contribution >= 0.6 is 11.6 Å². The SMILES string of the molecule is O=COc1ccc2[nH]nc(-c3cccc(Cl)c3)c2c1. The lowest BCUT2D eigenvalue weighted by Crippen LogP contribution is -1.87. The third-order valence-corrected chi connectivity index (χ3v) is 3.05. The van der Waals surface area contributed by atoms with Gasteiger partial charge < -0.3 is 4.74 Å². The molecule has 0 atom stereocenters. The zero-order chi connectivity index (χ0) is 13.2. The Morgan fingerprint density at radius 3 is 2.89 bits per heavy atom. The molecule has 0 amide bonds. The maximum atomic E-state index is 10.4. The zero-order valence-electron chi connectivity index (χ0n) is 9.76. The van der Waals surface area contributed by atoms with Crippen molar-refractivity contribution in [3.05, 3.63) is 47.5 Å². The van der Waals surface area contributed by atoms with Gasteiger partial charge in [0.1, 0.15) is 11.4 Å². The van der Waals surface area contributed by atoms with Gasteiger partial charge in [0.15, 0.2) is 0 Å². The van der Waals surface area contributed by atoms with E-state index in [0.29, 0.717) is 17.2 Å². The van der Waals surface area contributed by atoms with Crippen LogP contribution in [0.2, 0.25) is 5.02 Å². The van der Waals surface area contributed by atoms with Crippen LogP contribution in [0.3, 0.4) is 0 Å². The molecule has 0 spiro atoms. The molecule has 94 valence electrons. The summed E-state index contributed by atoms with van der Waals surface area (Å²) in [6.07, 6.45) is 0. The zero-order valence-corrected chi connectivity index (χ0v) is 10.5. The molecule has 2 aromatic carbocycles. The van der Waals surface area contributed by atoms with Crippen molar-refractivity contribution in [1.29, 1.82) is 0 Å². The molecule has 0 aliphatic rings. The van der Waals surface area contributed by atoms with E-state index in [1.165, 1.54) is 0 Å². The van der Waals surface area contributed by atoms with Crippen LogP contribution in [0.5, 0.6) is 5.75 Å². The highest BCUT2D eigenvalue weighted by Crippen LogP contribution is 2.30. The van der Waals surface area contributed by atoms with Crippen LogP contribution in [0.4, 0.5) is 0 Å². The number of rotatable bonds is 3. The van der Waals surface area contributed by atoms with Crippen molar-refractivity contribution < 1.29 is 9.53 Å². The van der Waals surface area contributed by atoms with Crippen LogP contribution in [-0.4, -0.2) is 16.7 Å². The number of hydrogen-bond acceptors (Lipinski definition) is 3. The molecular formula is C14H9ClN2O2. The number of carbonyl (C=O) groups is 1. The van der Waals surface area contributed by atoms with Crippen LogP contribution in [0, 0.1) is 0 Å². The summed E-state index contributed by atoms with van der Waals surface area (Å²) in [4.78, 5) is 10.4. The first-order valence-corrected chi connectivity index (χ1v) is 6.00. The number of ether oxygens (including phenoxy) is 1. The number of nitrogens with zero attached hydrogens (tertiary/aromatic N) is 1. The van der Waals surface area contributed by atoms with E-state index in [4.69, 9.17) is 16.3 Å². The van der Waals surface area contributed by atoms with E-state index in [-0.39, 0.29) is 0 Å². The first-order valence-electron chi connectivity index (χ1n) is 5.62. The molecule has 0 aliphatic carbocycles. The maximum Gasteiger partial charge on any atom is 0.298 e. The third-order valence-electron chi connectivity index (χ3n) is 2.82. The minimum Gasteiger partial charge on any atom is -0.429 e. The van der Waals surface area contributed by atoms with E-state index in [1.54, 1.807) is 18.2 Å². The standard InChI is InChI=1S/C14H9ClN2O2/c15-10-3-1-2-9(6-10)14-12-7-11(19-8-18)4-5-13(12)16-17-14/h1-8H,(H,16,17). The normalized spacial score (nSPS) is 10.6. The summed E-state index contributed by atoms with van der Waals surface area (Å²) in [5, 5.41) is 8.74. The second-order valence-electron chi connectivity index (χ2n) is 4.00. The lowest BCUT2D eigenvalue weighted by Gasteiger charge is -2.00. The van der Waals surface area contributed by atoms with Crippen molar-refractivity contribution in [2.24, 2.45) is 0 Å². The number of nitrogens with one attached hydrogen (secondary N) is 1. The Bertz CT molecular complexity index is 752. The Kier molecular flexibility index (Phi) is 2.93. The lowest BCUT2D eigenvalue weighted by molar-refractivity contribution is -0.120. The van der Waals surface area contributed by atoms with Gasteiger partial charge in [-0.3, -0.25) is 9.89 Å². The van der Waals surface area contributed by atoms with Crippen LogP contribution in [-0.2, 0) is 4.79 Å². The van der Waals surface area contributed by atoms with Crippen LogP contribution in [0.25, 0.3) is 22.2 Å². The molecule has 1 aromatic heterocycles. The van der Waals surface area contributed by atoms with E-state index in [0.717, 1.165) is 22.2 Å². The number of aromatic nitrogens is 2. The van der Waals surface area contributed by atoms with Crippen molar-refractivity contribution in [3.63, 3.8) is 0 Å². The summed E-state index contributed by atoms with van der Waals surface area (Å²) in [6.45, 7) is 0.403. The van der Waals surface area contributed by atoms with Crippen molar-refractivity contribution >= 4 is 29.0 Å². The van der Waals surface area contributed by atoms with E-state index < -0.39 is 0 Å². The molecule has 0 fully saturated rings. The highest BCUT2D eigenvalue weighted by Gasteiger charge is 2.09. The summed E-state index contributed by atoms with van der Waals surface area (Å²) < 4.78 is 4.85. The van der Waals surface area contributed by atoms with Gasteiger partial charge in [0.25, 0.3) is 6.47 Å². The summed E-state index contributed by atoms with van der Waals surface area (Å²) in [7, 11) is 0. The molecular weight excluding hydrogens is 264 g/mol. The molecule has 4 nitrogen and oxygen atoms in total. The number of aromatic amines is 1. The second-order valence-corrected chi connectivity index (χ2v) is 4.44. The molecule has 0 saturated heterocycles. The second kappa shape index (κ2) is 4.74. The number of fused-ring (bicyclic) bond motifs is 1. The molecule has 5 heteroatoms. The predicted molar refractivity (Wildman–Crippen MR) is 73.2 cm³/mol. The average Bonchev–Trinajstić information content (AvgIpc) is 2.82. The van der Waals surface area contributed by atoms with Crippen LogP contribution in [0.1, 0.15) is 0 Å². The third kappa shape index (κ3) is 2.18. The van der Waals surface area contributed by atoms with Crippen LogP contribution in [0.15, 0.2) is 42.5 Å². The van der Waals surface area contributed by atoms with Gasteiger partial charge in [-0.05, 0) is 30.3 Å². The summed E-state index contributed by atoms with van der Waals surface area (Å²) in [5.74, 6) is 0.479. The average molecular weight is 273 g/mol. The molecule has 1 N–H and O–H groups in total. The number of hydrogen-bond donors (Lipinski definition) is 1. The van der Waals surface area contributed by atoms with Gasteiger partial charge in [0.2, 0.25) is 0 Å². The quantitative estimate of drug-likeness (QED) is 0.743. The largest absolute Gasteiger partial charge is 0.429 e. The van der Waals surface area contributed by atoms with Gasteiger partial charge in [-0.15, -0.1) is 0 Å². The first kappa shape index (κ1) is 11.7. The fourth-order valence-corrected chi connectivity index (χ4v) is 2.17. The Labute approximate surface area is 114 Å². The van der Waals surface area contributed by atoms with Gasteiger partial charge in [-0.25, -0.2) is 0 Å². The Balaban J connectivity index is 2.18. The van der Waals surface area contributed by atoms with Gasteiger partial charge in [0, 0.05) is 16.0 Å². The topological polar surface area (TPSA) is 55.0 Å². The highest BCUT2D eigenvalue weighted by atomic mass is 35.5. The van der Waals surface area contributed by atoms with Crippen molar-refractivity contribution in [1.82, 2.24) is 10.2 Å². The molecule has 0 saturated carbocycles. The lowest BCUT2D eigenvalue weighted by atomic mass is 10.1. The molecule has 3 rings (SSSR count). The van der Waals surface area contributed by atoms with E-state index >= 15 is 0 Å². The summed E-state index contributed by atoms with van der Waals surface area (Å²) in [5.41, 5.74) is 2.55. The van der Waals surface area contributed by atoms with Gasteiger partial charge in [-0.1, -0.05) is 23.7 Å². The molecule has 3 aromatic rings. The van der Waals surface area contributed by atoms with E-state index in [1.807, 2.05) is 24.3 Å². The van der Waals surface area contributed by atoms with E-state index in [9.17, 15) is 4.79 Å². The predicted octanol–water partition coefficient (Wildman–Crippen LogP) is 3.42. The smallest absolute Gasteiger partial charge is 0.298 e. The number of benzene rings is 2. The highest BCUT2D eigenvalue weighted by molar-refractivity contribution is 6.30. The maximum absolute atomic E-state index is 10.4. The monoisotopic (exact) mass is 272 g/mol. The van der Waals surface area contributed by atoms with Crippen molar-refractivity contribution in [2.45, 2.75) is 0 Å².